The average molecular weight is 323 g/mol. The van der Waals surface area contributed by atoms with E-state index in [0.717, 1.165) is 23.3 Å². The van der Waals surface area contributed by atoms with Crippen molar-refractivity contribution in [3.05, 3.63) is 65.2 Å². The molecule has 1 unspecified atom stereocenters. The predicted molar refractivity (Wildman–Crippen MR) is 82.9 cm³/mol. The van der Waals surface area contributed by atoms with Crippen molar-refractivity contribution in [2.75, 3.05) is 11.1 Å². The highest BCUT2D eigenvalue weighted by Gasteiger charge is 2.12. The lowest BCUT2D eigenvalue weighted by molar-refractivity contribution is -0.113. The highest BCUT2D eigenvalue weighted by molar-refractivity contribution is 7.84. The molecule has 0 fully saturated rings. The Kier molecular flexibility index (Phi) is 5.38. The summed E-state index contributed by atoms with van der Waals surface area (Å²) in [4.78, 5) is 11.8. The molecule has 0 saturated heterocycles. The number of nitrogens with one attached hydrogen (secondary N) is 1. The van der Waals surface area contributed by atoms with E-state index in [0.29, 0.717) is 6.07 Å². The molecular weight excluding hydrogens is 308 g/mol. The zero-order chi connectivity index (χ0) is 16.1. The summed E-state index contributed by atoms with van der Waals surface area (Å²) in [5.74, 6) is -2.15. The first-order chi connectivity index (χ1) is 10.4. The average Bonchev–Trinajstić information content (AvgIpc) is 2.41. The minimum Gasteiger partial charge on any atom is -0.323 e. The van der Waals surface area contributed by atoms with Crippen LogP contribution in [0.4, 0.5) is 14.5 Å². The van der Waals surface area contributed by atoms with Crippen molar-refractivity contribution in [3.8, 4) is 0 Å². The zero-order valence-electron chi connectivity index (χ0n) is 11.9. The summed E-state index contributed by atoms with van der Waals surface area (Å²) in [6.45, 7) is 1.93. The summed E-state index contributed by atoms with van der Waals surface area (Å²) in [5.41, 5.74) is 1.80. The van der Waals surface area contributed by atoms with Crippen LogP contribution in [-0.2, 0) is 21.3 Å². The summed E-state index contributed by atoms with van der Waals surface area (Å²) in [7, 11) is -1.40. The number of amides is 1. The molecule has 0 aliphatic rings. The summed E-state index contributed by atoms with van der Waals surface area (Å²) in [6, 6.07) is 10.4. The molecule has 1 N–H and O–H groups in total. The first-order valence-electron chi connectivity index (χ1n) is 6.59. The van der Waals surface area contributed by atoms with E-state index in [1.54, 1.807) is 0 Å². The van der Waals surface area contributed by atoms with Crippen LogP contribution in [0.5, 0.6) is 0 Å². The molecule has 0 aliphatic carbocycles. The lowest BCUT2D eigenvalue weighted by Gasteiger charge is -2.07. The Morgan fingerprint density at radius 2 is 1.95 bits per heavy atom. The Morgan fingerprint density at radius 3 is 2.64 bits per heavy atom. The minimum absolute atomic E-state index is 0.126. The van der Waals surface area contributed by atoms with Crippen LogP contribution in [0.1, 0.15) is 11.1 Å². The van der Waals surface area contributed by atoms with Crippen molar-refractivity contribution in [1.82, 2.24) is 0 Å². The molecule has 0 bridgehead atoms. The lowest BCUT2D eigenvalue weighted by atomic mass is 10.2. The highest BCUT2D eigenvalue weighted by atomic mass is 32.2. The van der Waals surface area contributed by atoms with Crippen LogP contribution in [0.2, 0.25) is 0 Å². The second-order valence-electron chi connectivity index (χ2n) is 4.89. The summed E-state index contributed by atoms with van der Waals surface area (Å²) in [5, 5.41) is 2.29. The quantitative estimate of drug-likeness (QED) is 0.919. The van der Waals surface area contributed by atoms with Gasteiger partial charge < -0.3 is 5.32 Å². The van der Waals surface area contributed by atoms with E-state index < -0.39 is 28.3 Å². The number of benzene rings is 2. The Morgan fingerprint density at radius 1 is 1.18 bits per heavy atom. The molecular formula is C16H15F2NO2S. The van der Waals surface area contributed by atoms with Crippen molar-refractivity contribution in [2.24, 2.45) is 0 Å². The van der Waals surface area contributed by atoms with E-state index in [1.165, 1.54) is 0 Å². The van der Waals surface area contributed by atoms with Crippen LogP contribution in [0.15, 0.2) is 42.5 Å². The number of anilines is 1. The van der Waals surface area contributed by atoms with E-state index in [4.69, 9.17) is 0 Å². The van der Waals surface area contributed by atoms with Gasteiger partial charge in [-0.15, -0.1) is 0 Å². The van der Waals surface area contributed by atoms with Crippen LogP contribution < -0.4 is 5.32 Å². The van der Waals surface area contributed by atoms with Gasteiger partial charge in [0.2, 0.25) is 5.91 Å². The van der Waals surface area contributed by atoms with E-state index in [9.17, 15) is 17.8 Å². The SMILES string of the molecule is Cc1cccc(CS(=O)CC(=O)Nc2ccc(F)cc2F)c1. The Labute approximate surface area is 129 Å². The van der Waals surface area contributed by atoms with Gasteiger partial charge in [0.15, 0.2) is 0 Å². The van der Waals surface area contributed by atoms with Gasteiger partial charge in [0.05, 0.1) is 5.69 Å². The fourth-order valence-corrected chi connectivity index (χ4v) is 2.98. The standard InChI is InChI=1S/C16H15F2NO2S/c1-11-3-2-4-12(7-11)9-22(21)10-16(20)19-15-6-5-13(17)8-14(15)18/h2-8H,9-10H2,1H3,(H,19,20). The molecule has 3 nitrogen and oxygen atoms in total. The summed E-state index contributed by atoms with van der Waals surface area (Å²) < 4.78 is 38.1. The maximum atomic E-state index is 13.4. The number of carbonyl (C=O) groups is 1. The Bertz CT molecular complexity index is 719. The van der Waals surface area contributed by atoms with E-state index >= 15 is 0 Å². The van der Waals surface area contributed by atoms with Gasteiger partial charge in [-0.25, -0.2) is 8.78 Å². The van der Waals surface area contributed by atoms with Gasteiger partial charge in [-0.3, -0.25) is 9.00 Å². The number of aryl methyl sites for hydroxylation is 1. The zero-order valence-corrected chi connectivity index (χ0v) is 12.8. The highest BCUT2D eigenvalue weighted by Crippen LogP contribution is 2.15. The minimum atomic E-state index is -1.40. The van der Waals surface area contributed by atoms with Crippen LogP contribution in [-0.4, -0.2) is 15.9 Å². The number of halogens is 2. The summed E-state index contributed by atoms with van der Waals surface area (Å²) >= 11 is 0. The largest absolute Gasteiger partial charge is 0.323 e. The fourth-order valence-electron chi connectivity index (χ4n) is 1.96. The second-order valence-corrected chi connectivity index (χ2v) is 6.35. The molecule has 1 atom stereocenters. The van der Waals surface area contributed by atoms with E-state index in [1.807, 2.05) is 31.2 Å². The molecule has 2 rings (SSSR count). The van der Waals surface area contributed by atoms with Crippen molar-refractivity contribution in [3.63, 3.8) is 0 Å². The van der Waals surface area contributed by atoms with Gasteiger partial charge in [-0.1, -0.05) is 29.8 Å². The van der Waals surface area contributed by atoms with Gasteiger partial charge >= 0.3 is 0 Å². The van der Waals surface area contributed by atoms with Crippen molar-refractivity contribution < 1.29 is 17.8 Å². The molecule has 0 spiro atoms. The molecule has 0 aromatic heterocycles. The van der Waals surface area contributed by atoms with Gasteiger partial charge in [-0.05, 0) is 24.6 Å². The molecule has 2 aromatic rings. The van der Waals surface area contributed by atoms with Gasteiger partial charge in [0.25, 0.3) is 0 Å². The first kappa shape index (κ1) is 16.3. The predicted octanol–water partition coefficient (Wildman–Crippen LogP) is 3.16. The molecule has 0 heterocycles. The Hall–Kier alpha value is -2.08. The van der Waals surface area contributed by atoms with Crippen LogP contribution in [0.25, 0.3) is 0 Å². The van der Waals surface area contributed by atoms with Crippen LogP contribution in [0.3, 0.4) is 0 Å². The molecule has 22 heavy (non-hydrogen) atoms. The van der Waals surface area contributed by atoms with Crippen LogP contribution >= 0.6 is 0 Å². The third kappa shape index (κ3) is 4.73. The van der Waals surface area contributed by atoms with Gasteiger partial charge in [-0.2, -0.15) is 0 Å². The number of carbonyl (C=O) groups excluding carboxylic acids is 1. The van der Waals surface area contributed by atoms with E-state index in [2.05, 4.69) is 5.32 Å². The molecule has 0 saturated carbocycles. The first-order valence-corrected chi connectivity index (χ1v) is 8.08. The molecule has 6 heteroatoms. The third-order valence-corrected chi connectivity index (χ3v) is 4.15. The van der Waals surface area contributed by atoms with Gasteiger partial charge in [0, 0.05) is 22.6 Å². The number of hydrogen-bond donors (Lipinski definition) is 1. The smallest absolute Gasteiger partial charge is 0.237 e. The Balaban J connectivity index is 1.92. The van der Waals surface area contributed by atoms with Crippen molar-refractivity contribution >= 4 is 22.4 Å². The molecule has 2 aromatic carbocycles. The maximum absolute atomic E-state index is 13.4. The van der Waals surface area contributed by atoms with Gasteiger partial charge in [0.1, 0.15) is 17.4 Å². The maximum Gasteiger partial charge on any atom is 0.237 e. The number of hydrogen-bond acceptors (Lipinski definition) is 2. The van der Waals surface area contributed by atoms with Crippen LogP contribution in [0, 0.1) is 18.6 Å². The second kappa shape index (κ2) is 7.26. The molecule has 1 amide bonds. The third-order valence-electron chi connectivity index (χ3n) is 2.91. The number of rotatable bonds is 5. The summed E-state index contributed by atoms with van der Waals surface area (Å²) in [6.07, 6.45) is 0. The van der Waals surface area contributed by atoms with Crippen molar-refractivity contribution in [2.45, 2.75) is 12.7 Å². The topological polar surface area (TPSA) is 46.2 Å². The monoisotopic (exact) mass is 323 g/mol. The normalized spacial score (nSPS) is 12.0. The fraction of sp³-hybridized carbons (Fsp3) is 0.188. The van der Waals surface area contributed by atoms with Crippen molar-refractivity contribution in [1.29, 1.82) is 0 Å². The molecule has 116 valence electrons. The molecule has 0 radical (unpaired) electrons. The van der Waals surface area contributed by atoms with E-state index in [-0.39, 0.29) is 17.2 Å². The molecule has 0 aliphatic heterocycles. The lowest BCUT2D eigenvalue weighted by Crippen LogP contribution is -2.20.